The molecule has 0 saturated carbocycles. The highest BCUT2D eigenvalue weighted by Gasteiger charge is 2.23. The maximum Gasteiger partial charge on any atom is 0.258 e. The second kappa shape index (κ2) is 8.24. The van der Waals surface area contributed by atoms with E-state index in [-0.39, 0.29) is 11.5 Å². The van der Waals surface area contributed by atoms with Crippen LogP contribution in [-0.4, -0.2) is 26.6 Å². The maximum absolute atomic E-state index is 13.1. The van der Waals surface area contributed by atoms with Gasteiger partial charge in [0.1, 0.15) is 23.0 Å². The first-order valence-corrected chi connectivity index (χ1v) is 11.1. The Morgan fingerprint density at radius 1 is 1.18 bits per heavy atom. The molecule has 0 aliphatic carbocycles. The Hall–Kier alpha value is -3.87. The van der Waals surface area contributed by atoms with Crippen molar-refractivity contribution in [3.8, 4) is 16.9 Å². The standard InChI is InChI=1S/C26H26N4O3/c1-5-9-18(17-10-7-6-8-11-17)25-27-14-23-28-26(31)19-12-20(24-15(2)29-33-16(24)3)22(32-4)13-21(19)30(23)25/h6-8,10-14,18H,5,9H2,1-4H3,(H,28,31). The summed E-state index contributed by atoms with van der Waals surface area (Å²) in [5.74, 6) is 2.32. The molecule has 3 aromatic heterocycles. The Balaban J connectivity index is 1.82. The lowest BCUT2D eigenvalue weighted by Gasteiger charge is -2.18. The number of H-pyrrole nitrogens is 1. The van der Waals surface area contributed by atoms with Gasteiger partial charge in [-0.2, -0.15) is 0 Å². The number of ether oxygens (including phenoxy) is 1. The minimum absolute atomic E-state index is 0.0982. The van der Waals surface area contributed by atoms with Crippen molar-refractivity contribution in [2.24, 2.45) is 0 Å². The third-order valence-electron chi connectivity index (χ3n) is 6.23. The van der Waals surface area contributed by atoms with Crippen molar-refractivity contribution >= 4 is 16.6 Å². The summed E-state index contributed by atoms with van der Waals surface area (Å²) in [7, 11) is 1.63. The smallest absolute Gasteiger partial charge is 0.258 e. The normalized spacial score (nSPS) is 12.5. The van der Waals surface area contributed by atoms with E-state index >= 15 is 0 Å². The molecule has 5 rings (SSSR count). The van der Waals surface area contributed by atoms with Crippen molar-refractivity contribution in [2.45, 2.75) is 39.5 Å². The van der Waals surface area contributed by atoms with E-state index in [0.717, 1.165) is 41.0 Å². The average molecular weight is 443 g/mol. The Kier molecular flexibility index (Phi) is 5.24. The van der Waals surface area contributed by atoms with Crippen LogP contribution < -0.4 is 10.3 Å². The minimum Gasteiger partial charge on any atom is -0.496 e. The first kappa shape index (κ1) is 21.0. The highest BCUT2D eigenvalue weighted by Crippen LogP contribution is 2.38. The molecular weight excluding hydrogens is 416 g/mol. The zero-order valence-corrected chi connectivity index (χ0v) is 19.2. The van der Waals surface area contributed by atoms with E-state index in [1.165, 1.54) is 5.56 Å². The largest absolute Gasteiger partial charge is 0.496 e. The molecule has 33 heavy (non-hydrogen) atoms. The van der Waals surface area contributed by atoms with Crippen LogP contribution in [0.3, 0.4) is 0 Å². The third kappa shape index (κ3) is 3.40. The van der Waals surface area contributed by atoms with Crippen molar-refractivity contribution in [3.63, 3.8) is 0 Å². The summed E-state index contributed by atoms with van der Waals surface area (Å²) in [6, 6.07) is 14.2. The van der Waals surface area contributed by atoms with E-state index in [1.807, 2.05) is 48.6 Å². The number of fused-ring (bicyclic) bond motifs is 3. The van der Waals surface area contributed by atoms with Crippen LogP contribution in [0.15, 0.2) is 58.0 Å². The number of benzene rings is 2. The Morgan fingerprint density at radius 3 is 2.64 bits per heavy atom. The molecule has 1 unspecified atom stereocenters. The molecule has 3 heterocycles. The summed E-state index contributed by atoms with van der Waals surface area (Å²) < 4.78 is 13.2. The summed E-state index contributed by atoms with van der Waals surface area (Å²) in [5, 5.41) is 4.63. The number of nitrogens with zero attached hydrogens (tertiary/aromatic N) is 3. The van der Waals surface area contributed by atoms with Crippen LogP contribution >= 0.6 is 0 Å². The molecule has 7 heteroatoms. The molecule has 0 spiro atoms. The average Bonchev–Trinajstić information content (AvgIpc) is 3.39. The van der Waals surface area contributed by atoms with E-state index in [1.54, 1.807) is 13.3 Å². The molecule has 5 aromatic rings. The molecule has 1 atom stereocenters. The highest BCUT2D eigenvalue weighted by atomic mass is 16.5. The number of nitrogens with one attached hydrogen (secondary N) is 1. The van der Waals surface area contributed by atoms with E-state index in [2.05, 4.69) is 29.2 Å². The summed E-state index contributed by atoms with van der Waals surface area (Å²) in [6.07, 6.45) is 3.68. The fraction of sp³-hybridized carbons (Fsp3) is 0.269. The van der Waals surface area contributed by atoms with E-state index in [9.17, 15) is 4.79 Å². The predicted molar refractivity (Wildman–Crippen MR) is 128 cm³/mol. The minimum atomic E-state index is -0.175. The molecule has 0 radical (unpaired) electrons. The van der Waals surface area contributed by atoms with Crippen molar-refractivity contribution in [1.82, 2.24) is 19.5 Å². The SMILES string of the molecule is CCCC(c1ccccc1)c1ncc2[nH]c(=O)c3cc(-c4c(C)noc4C)c(OC)cc3n12. The number of hydrogen-bond donors (Lipinski definition) is 1. The number of aromatic amines is 1. The number of aryl methyl sites for hydroxylation is 2. The zero-order chi connectivity index (χ0) is 23.1. The van der Waals surface area contributed by atoms with Crippen LogP contribution in [0.25, 0.3) is 27.7 Å². The van der Waals surface area contributed by atoms with Crippen LogP contribution in [-0.2, 0) is 0 Å². The van der Waals surface area contributed by atoms with E-state index < -0.39 is 0 Å². The van der Waals surface area contributed by atoms with Crippen LogP contribution in [0, 0.1) is 13.8 Å². The Bertz CT molecular complexity index is 1490. The molecule has 0 bridgehead atoms. The molecule has 0 aliphatic rings. The van der Waals surface area contributed by atoms with Gasteiger partial charge in [0.2, 0.25) is 0 Å². The fourth-order valence-corrected chi connectivity index (χ4v) is 4.72. The molecular formula is C26H26N4O3. The highest BCUT2D eigenvalue weighted by molar-refractivity contribution is 5.90. The fourth-order valence-electron chi connectivity index (χ4n) is 4.72. The molecule has 0 amide bonds. The molecule has 0 aliphatic heterocycles. The molecule has 2 aromatic carbocycles. The summed E-state index contributed by atoms with van der Waals surface area (Å²) in [5.41, 5.74) is 4.81. The van der Waals surface area contributed by atoms with Crippen LogP contribution in [0.5, 0.6) is 5.75 Å². The number of methoxy groups -OCH3 is 1. The number of hydrogen-bond acceptors (Lipinski definition) is 5. The first-order chi connectivity index (χ1) is 16.0. The maximum atomic E-state index is 13.1. The van der Waals surface area contributed by atoms with Crippen LogP contribution in [0.2, 0.25) is 0 Å². The van der Waals surface area contributed by atoms with Gasteiger partial charge < -0.3 is 14.2 Å². The van der Waals surface area contributed by atoms with Gasteiger partial charge in [-0.3, -0.25) is 9.20 Å². The van der Waals surface area contributed by atoms with E-state index in [0.29, 0.717) is 22.5 Å². The zero-order valence-electron chi connectivity index (χ0n) is 19.2. The van der Waals surface area contributed by atoms with Crippen molar-refractivity contribution < 1.29 is 9.26 Å². The third-order valence-corrected chi connectivity index (χ3v) is 6.23. The Labute approximate surface area is 191 Å². The molecule has 0 fully saturated rings. The van der Waals surface area contributed by atoms with Crippen molar-refractivity contribution in [3.05, 3.63) is 81.9 Å². The van der Waals surface area contributed by atoms with Crippen molar-refractivity contribution in [1.29, 1.82) is 0 Å². The van der Waals surface area contributed by atoms with Gasteiger partial charge in [0.15, 0.2) is 0 Å². The van der Waals surface area contributed by atoms with Gasteiger partial charge in [-0.1, -0.05) is 48.8 Å². The molecule has 0 saturated heterocycles. The molecule has 1 N–H and O–H groups in total. The lowest BCUT2D eigenvalue weighted by atomic mass is 9.93. The van der Waals surface area contributed by atoms with Gasteiger partial charge in [0.05, 0.1) is 35.5 Å². The van der Waals surface area contributed by atoms with Gasteiger partial charge in [-0.25, -0.2) is 4.98 Å². The second-order valence-corrected chi connectivity index (χ2v) is 8.31. The molecule has 168 valence electrons. The summed E-state index contributed by atoms with van der Waals surface area (Å²) >= 11 is 0. The van der Waals surface area contributed by atoms with Crippen LogP contribution in [0.4, 0.5) is 0 Å². The van der Waals surface area contributed by atoms with Crippen molar-refractivity contribution in [2.75, 3.05) is 7.11 Å². The number of imidazole rings is 1. The second-order valence-electron chi connectivity index (χ2n) is 8.31. The topological polar surface area (TPSA) is 85.4 Å². The number of rotatable bonds is 6. The number of aromatic nitrogens is 4. The Morgan fingerprint density at radius 2 is 1.97 bits per heavy atom. The lowest BCUT2D eigenvalue weighted by molar-refractivity contribution is 0.393. The lowest BCUT2D eigenvalue weighted by Crippen LogP contribution is -2.13. The van der Waals surface area contributed by atoms with Crippen LogP contribution in [0.1, 0.15) is 48.5 Å². The molecule has 7 nitrogen and oxygen atoms in total. The van der Waals surface area contributed by atoms with Gasteiger partial charge in [0, 0.05) is 17.5 Å². The quantitative estimate of drug-likeness (QED) is 0.381. The van der Waals surface area contributed by atoms with Gasteiger partial charge in [0.25, 0.3) is 5.56 Å². The van der Waals surface area contributed by atoms with Gasteiger partial charge in [-0.15, -0.1) is 0 Å². The van der Waals surface area contributed by atoms with Gasteiger partial charge >= 0.3 is 0 Å². The summed E-state index contributed by atoms with van der Waals surface area (Å²) in [4.78, 5) is 20.9. The summed E-state index contributed by atoms with van der Waals surface area (Å²) in [6.45, 7) is 5.91. The van der Waals surface area contributed by atoms with E-state index in [4.69, 9.17) is 14.2 Å². The monoisotopic (exact) mass is 442 g/mol. The first-order valence-electron chi connectivity index (χ1n) is 11.1. The predicted octanol–water partition coefficient (Wildman–Crippen LogP) is 5.39. The van der Waals surface area contributed by atoms with Gasteiger partial charge in [-0.05, 0) is 31.9 Å².